The average Bonchev–Trinajstić information content (AvgIpc) is 2.78. The highest BCUT2D eigenvalue weighted by Gasteiger charge is 2.21. The number of esters is 1. The van der Waals surface area contributed by atoms with E-state index in [1.807, 2.05) is 0 Å². The van der Waals surface area contributed by atoms with E-state index >= 15 is 0 Å². The van der Waals surface area contributed by atoms with E-state index in [4.69, 9.17) is 9.47 Å². The van der Waals surface area contributed by atoms with Crippen LogP contribution in [0.3, 0.4) is 0 Å². The van der Waals surface area contributed by atoms with Crippen LogP contribution >= 0.6 is 11.3 Å². The molecule has 1 aromatic rings. The summed E-state index contributed by atoms with van der Waals surface area (Å²) in [6, 6.07) is 0. The molecule has 0 saturated carbocycles. The van der Waals surface area contributed by atoms with Crippen molar-refractivity contribution in [3.05, 3.63) is 11.1 Å². The van der Waals surface area contributed by atoms with Gasteiger partial charge in [-0.15, -0.1) is 11.3 Å². The number of carbonyl (C=O) groups is 1. The minimum Gasteiger partial charge on any atom is -0.461 e. The Bertz CT molecular complexity index is 422. The summed E-state index contributed by atoms with van der Waals surface area (Å²) in [5, 5.41) is 2.65. The molecule has 0 aliphatic carbocycles. The first-order chi connectivity index (χ1) is 9.24. The van der Waals surface area contributed by atoms with Gasteiger partial charge < -0.3 is 14.4 Å². The van der Waals surface area contributed by atoms with Gasteiger partial charge in [-0.3, -0.25) is 0 Å². The molecule has 0 aromatic carbocycles. The van der Waals surface area contributed by atoms with Crippen LogP contribution in [0.4, 0.5) is 5.13 Å². The Morgan fingerprint density at radius 1 is 1.63 bits per heavy atom. The number of ether oxygens (including phenoxy) is 2. The zero-order valence-corrected chi connectivity index (χ0v) is 12.2. The van der Waals surface area contributed by atoms with E-state index in [-0.39, 0.29) is 12.1 Å². The van der Waals surface area contributed by atoms with Gasteiger partial charge in [0.05, 0.1) is 12.7 Å². The van der Waals surface area contributed by atoms with Crippen molar-refractivity contribution >= 4 is 22.4 Å². The molecule has 1 saturated heterocycles. The normalized spacial score (nSPS) is 20.1. The van der Waals surface area contributed by atoms with Gasteiger partial charge in [0, 0.05) is 25.1 Å². The topological polar surface area (TPSA) is 51.7 Å². The molecule has 2 heterocycles. The summed E-state index contributed by atoms with van der Waals surface area (Å²) in [5.74, 6) is -0.344. The molecule has 5 nitrogen and oxygen atoms in total. The summed E-state index contributed by atoms with van der Waals surface area (Å²) in [6.07, 6.45) is 2.23. The molecule has 0 amide bonds. The van der Waals surface area contributed by atoms with E-state index in [1.165, 1.54) is 11.3 Å². The monoisotopic (exact) mass is 284 g/mol. The van der Waals surface area contributed by atoms with Gasteiger partial charge in [-0.05, 0) is 19.8 Å². The van der Waals surface area contributed by atoms with Gasteiger partial charge in [0.1, 0.15) is 0 Å². The molecule has 0 radical (unpaired) electrons. The Morgan fingerprint density at radius 2 is 2.47 bits per heavy atom. The second-order valence-electron chi connectivity index (χ2n) is 4.44. The van der Waals surface area contributed by atoms with Gasteiger partial charge in [-0.25, -0.2) is 9.78 Å². The summed E-state index contributed by atoms with van der Waals surface area (Å²) < 4.78 is 10.7. The summed E-state index contributed by atoms with van der Waals surface area (Å²) in [6.45, 7) is 6.86. The van der Waals surface area contributed by atoms with Gasteiger partial charge in [-0.1, -0.05) is 6.92 Å². The molecule has 19 heavy (non-hydrogen) atoms. The van der Waals surface area contributed by atoms with Gasteiger partial charge in [0.25, 0.3) is 0 Å². The number of thiazole rings is 1. The molecule has 1 atom stereocenters. The van der Waals surface area contributed by atoms with Crippen LogP contribution in [0, 0.1) is 0 Å². The van der Waals surface area contributed by atoms with Crippen LogP contribution in [0.1, 0.15) is 37.2 Å². The van der Waals surface area contributed by atoms with E-state index < -0.39 is 0 Å². The predicted octanol–water partition coefficient (Wildman–Crippen LogP) is 2.33. The molecule has 0 spiro atoms. The number of carbonyl (C=O) groups excluding carboxylic acids is 1. The maximum absolute atomic E-state index is 11.6. The zero-order chi connectivity index (χ0) is 13.7. The minimum absolute atomic E-state index is 0.248. The number of hydrogen-bond acceptors (Lipinski definition) is 6. The molecule has 0 N–H and O–H groups in total. The molecular formula is C13H20N2O3S. The molecule has 1 fully saturated rings. The molecule has 6 heteroatoms. The molecule has 1 aromatic heterocycles. The van der Waals surface area contributed by atoms with Crippen LogP contribution in [0.15, 0.2) is 5.38 Å². The smallest absolute Gasteiger partial charge is 0.357 e. The van der Waals surface area contributed by atoms with Crippen molar-refractivity contribution in [3.8, 4) is 0 Å². The van der Waals surface area contributed by atoms with Crippen LogP contribution in [0.25, 0.3) is 0 Å². The molecule has 1 aliphatic heterocycles. The number of rotatable bonds is 4. The molecule has 0 bridgehead atoms. The molecule has 1 aliphatic rings. The summed E-state index contributed by atoms with van der Waals surface area (Å²) in [4.78, 5) is 18.2. The quantitative estimate of drug-likeness (QED) is 0.794. The molecule has 1 unspecified atom stereocenters. The lowest BCUT2D eigenvalue weighted by molar-refractivity contribution is 0.0520. The minimum atomic E-state index is -0.344. The lowest BCUT2D eigenvalue weighted by Crippen LogP contribution is -2.31. The number of hydrogen-bond donors (Lipinski definition) is 0. The van der Waals surface area contributed by atoms with Gasteiger partial charge in [-0.2, -0.15) is 0 Å². The van der Waals surface area contributed by atoms with Crippen LogP contribution < -0.4 is 4.90 Å². The number of aromatic nitrogens is 1. The third kappa shape index (κ3) is 3.67. The van der Waals surface area contributed by atoms with E-state index in [2.05, 4.69) is 16.8 Å². The van der Waals surface area contributed by atoms with E-state index in [0.717, 1.165) is 37.7 Å². The molecule has 106 valence electrons. The first-order valence-electron chi connectivity index (χ1n) is 6.73. The Hall–Kier alpha value is -1.14. The highest BCUT2D eigenvalue weighted by molar-refractivity contribution is 7.13. The van der Waals surface area contributed by atoms with E-state index in [1.54, 1.807) is 12.3 Å². The summed E-state index contributed by atoms with van der Waals surface area (Å²) in [7, 11) is 0. The van der Waals surface area contributed by atoms with Crippen molar-refractivity contribution in [2.24, 2.45) is 0 Å². The predicted molar refractivity (Wildman–Crippen MR) is 74.9 cm³/mol. The fourth-order valence-corrected chi connectivity index (χ4v) is 2.86. The maximum atomic E-state index is 11.6. The summed E-state index contributed by atoms with van der Waals surface area (Å²) in [5.41, 5.74) is 0.403. The summed E-state index contributed by atoms with van der Waals surface area (Å²) >= 11 is 1.49. The fourth-order valence-electron chi connectivity index (χ4n) is 2.02. The number of nitrogens with zero attached hydrogens (tertiary/aromatic N) is 2. The van der Waals surface area contributed by atoms with Crippen molar-refractivity contribution in [3.63, 3.8) is 0 Å². The Morgan fingerprint density at radius 3 is 3.21 bits per heavy atom. The largest absolute Gasteiger partial charge is 0.461 e. The third-order valence-electron chi connectivity index (χ3n) is 3.05. The fraction of sp³-hybridized carbons (Fsp3) is 0.692. The Labute approximate surface area is 117 Å². The van der Waals surface area contributed by atoms with Gasteiger partial charge in [0.15, 0.2) is 10.8 Å². The van der Waals surface area contributed by atoms with Crippen molar-refractivity contribution in [1.29, 1.82) is 0 Å². The van der Waals surface area contributed by atoms with Crippen molar-refractivity contribution < 1.29 is 14.3 Å². The van der Waals surface area contributed by atoms with Gasteiger partial charge in [0.2, 0.25) is 0 Å². The van der Waals surface area contributed by atoms with Crippen molar-refractivity contribution in [1.82, 2.24) is 4.98 Å². The van der Waals surface area contributed by atoms with Crippen LogP contribution in [-0.2, 0) is 9.47 Å². The van der Waals surface area contributed by atoms with Crippen molar-refractivity contribution in [2.75, 3.05) is 31.2 Å². The van der Waals surface area contributed by atoms with Crippen LogP contribution in [-0.4, -0.2) is 43.4 Å². The van der Waals surface area contributed by atoms with Gasteiger partial charge >= 0.3 is 5.97 Å². The second kappa shape index (κ2) is 6.86. The van der Waals surface area contributed by atoms with E-state index in [0.29, 0.717) is 12.3 Å². The molecule has 2 rings (SSSR count). The maximum Gasteiger partial charge on any atom is 0.357 e. The highest BCUT2D eigenvalue weighted by Crippen LogP contribution is 2.23. The number of anilines is 1. The molecular weight excluding hydrogens is 264 g/mol. The third-order valence-corrected chi connectivity index (χ3v) is 3.95. The second-order valence-corrected chi connectivity index (χ2v) is 5.27. The standard InChI is InChI=1S/C13H20N2O3S/c1-3-10-8-15(6-5-7-18-10)13-14-11(9-19-13)12(16)17-4-2/h9-10H,3-8H2,1-2H3. The van der Waals surface area contributed by atoms with Crippen molar-refractivity contribution in [2.45, 2.75) is 32.8 Å². The lowest BCUT2D eigenvalue weighted by Gasteiger charge is -2.22. The van der Waals surface area contributed by atoms with Crippen LogP contribution in [0.5, 0.6) is 0 Å². The average molecular weight is 284 g/mol. The van der Waals surface area contributed by atoms with Crippen LogP contribution in [0.2, 0.25) is 0 Å². The zero-order valence-electron chi connectivity index (χ0n) is 11.4. The first kappa shape index (κ1) is 14.3. The first-order valence-corrected chi connectivity index (χ1v) is 7.61. The Balaban J connectivity index is 2.06. The lowest BCUT2D eigenvalue weighted by atomic mass is 10.2. The SMILES string of the molecule is CCOC(=O)c1csc(N2CCCOC(CC)C2)n1. The highest BCUT2D eigenvalue weighted by atomic mass is 32.1. The van der Waals surface area contributed by atoms with E-state index in [9.17, 15) is 4.79 Å². The Kier molecular flexibility index (Phi) is 5.15.